The summed E-state index contributed by atoms with van der Waals surface area (Å²) in [6.45, 7) is 5.51. The molecule has 21 heavy (non-hydrogen) atoms. The molecule has 2 aliphatic heterocycles. The summed E-state index contributed by atoms with van der Waals surface area (Å²) in [6, 6.07) is 8.20. The highest BCUT2D eigenvalue weighted by atomic mass is 16.6. The van der Waals surface area contributed by atoms with E-state index in [4.69, 9.17) is 14.2 Å². The van der Waals surface area contributed by atoms with Crippen LogP contribution in [0.25, 0.3) is 0 Å². The Hall–Kier alpha value is -1.26. The van der Waals surface area contributed by atoms with Crippen LogP contribution in [0, 0.1) is 5.92 Å². The lowest BCUT2D eigenvalue weighted by molar-refractivity contribution is -0.00844. The van der Waals surface area contributed by atoms with Crippen LogP contribution < -0.4 is 14.8 Å². The van der Waals surface area contributed by atoms with Crippen LogP contribution in [0.15, 0.2) is 24.3 Å². The third kappa shape index (κ3) is 3.50. The molecule has 0 spiro atoms. The van der Waals surface area contributed by atoms with Crippen LogP contribution in [-0.2, 0) is 4.74 Å². The number of hydrogen-bond donors (Lipinski definition) is 1. The van der Waals surface area contributed by atoms with Crippen LogP contribution in [0.3, 0.4) is 0 Å². The van der Waals surface area contributed by atoms with Crippen molar-refractivity contribution in [3.63, 3.8) is 0 Å². The molecule has 0 aromatic heterocycles. The summed E-state index contributed by atoms with van der Waals surface area (Å²) < 4.78 is 17.8. The van der Waals surface area contributed by atoms with E-state index in [1.807, 2.05) is 24.3 Å². The lowest BCUT2D eigenvalue weighted by Gasteiger charge is -2.38. The van der Waals surface area contributed by atoms with Gasteiger partial charge in [-0.05, 0) is 37.9 Å². The van der Waals surface area contributed by atoms with E-state index in [9.17, 15) is 0 Å². The third-order valence-corrected chi connectivity index (χ3v) is 4.26. The van der Waals surface area contributed by atoms with Crippen molar-refractivity contribution in [2.45, 2.75) is 38.3 Å². The molecule has 1 saturated heterocycles. The van der Waals surface area contributed by atoms with Gasteiger partial charge in [-0.2, -0.15) is 0 Å². The molecular formula is C17H25NO3. The van der Waals surface area contributed by atoms with E-state index in [0.717, 1.165) is 44.1 Å². The summed E-state index contributed by atoms with van der Waals surface area (Å²) in [5.74, 6) is 2.21. The van der Waals surface area contributed by atoms with E-state index in [0.29, 0.717) is 18.6 Å². The zero-order valence-corrected chi connectivity index (χ0v) is 12.7. The fourth-order valence-corrected chi connectivity index (χ4v) is 3.17. The van der Waals surface area contributed by atoms with E-state index >= 15 is 0 Å². The van der Waals surface area contributed by atoms with Crippen molar-refractivity contribution in [1.82, 2.24) is 5.32 Å². The van der Waals surface area contributed by atoms with Gasteiger partial charge in [0.05, 0.1) is 12.6 Å². The minimum absolute atomic E-state index is 0.0538. The van der Waals surface area contributed by atoms with E-state index in [1.54, 1.807) is 0 Å². The highest BCUT2D eigenvalue weighted by Gasteiger charge is 2.35. The third-order valence-electron chi connectivity index (χ3n) is 4.26. The van der Waals surface area contributed by atoms with Crippen LogP contribution >= 0.6 is 0 Å². The van der Waals surface area contributed by atoms with Crippen molar-refractivity contribution >= 4 is 0 Å². The van der Waals surface area contributed by atoms with Crippen LogP contribution in [0.2, 0.25) is 0 Å². The number of hydrogen-bond acceptors (Lipinski definition) is 4. The SMILES string of the molecule is CCCNC(C1CCCOC1)C1COc2ccccc2O1. The molecular weight excluding hydrogens is 266 g/mol. The van der Waals surface area contributed by atoms with Crippen molar-refractivity contribution in [2.24, 2.45) is 5.92 Å². The maximum absolute atomic E-state index is 6.20. The Bertz CT molecular complexity index is 445. The van der Waals surface area contributed by atoms with Gasteiger partial charge < -0.3 is 19.5 Å². The Morgan fingerprint density at radius 3 is 2.86 bits per heavy atom. The van der Waals surface area contributed by atoms with Crippen LogP contribution in [0.5, 0.6) is 11.5 Å². The van der Waals surface area contributed by atoms with Crippen molar-refractivity contribution in [3.8, 4) is 11.5 Å². The summed E-state index contributed by atoms with van der Waals surface area (Å²) in [6.07, 6.45) is 3.51. The van der Waals surface area contributed by atoms with Gasteiger partial charge in [0, 0.05) is 12.5 Å². The Labute approximate surface area is 126 Å². The summed E-state index contributed by atoms with van der Waals surface area (Å²) >= 11 is 0. The average Bonchev–Trinajstić information content (AvgIpc) is 2.56. The Morgan fingerprint density at radius 2 is 2.10 bits per heavy atom. The molecule has 2 heterocycles. The van der Waals surface area contributed by atoms with Crippen LogP contribution in [0.4, 0.5) is 0 Å². The average molecular weight is 291 g/mol. The fourth-order valence-electron chi connectivity index (χ4n) is 3.17. The predicted molar refractivity (Wildman–Crippen MR) is 82.0 cm³/mol. The van der Waals surface area contributed by atoms with Gasteiger partial charge in [-0.15, -0.1) is 0 Å². The predicted octanol–water partition coefficient (Wildman–Crippen LogP) is 2.62. The van der Waals surface area contributed by atoms with Crippen molar-refractivity contribution < 1.29 is 14.2 Å². The Kier molecular flexibility index (Phi) is 4.99. The molecule has 1 fully saturated rings. The Balaban J connectivity index is 1.71. The van der Waals surface area contributed by atoms with E-state index < -0.39 is 0 Å². The second-order valence-corrected chi connectivity index (χ2v) is 5.87. The molecule has 2 aliphatic rings. The molecule has 3 atom stereocenters. The maximum atomic E-state index is 6.20. The summed E-state index contributed by atoms with van der Waals surface area (Å²) in [7, 11) is 0. The van der Waals surface area contributed by atoms with Gasteiger partial charge in [0.1, 0.15) is 12.7 Å². The first-order valence-electron chi connectivity index (χ1n) is 8.08. The maximum Gasteiger partial charge on any atom is 0.161 e. The monoisotopic (exact) mass is 291 g/mol. The van der Waals surface area contributed by atoms with Crippen molar-refractivity contribution in [1.29, 1.82) is 0 Å². The van der Waals surface area contributed by atoms with E-state index in [-0.39, 0.29) is 6.10 Å². The fraction of sp³-hybridized carbons (Fsp3) is 0.647. The molecule has 1 aromatic rings. The lowest BCUT2D eigenvalue weighted by atomic mass is 9.89. The topological polar surface area (TPSA) is 39.7 Å². The molecule has 0 radical (unpaired) electrons. The van der Waals surface area contributed by atoms with Gasteiger partial charge in [0.2, 0.25) is 0 Å². The van der Waals surface area contributed by atoms with Crippen LogP contribution in [-0.4, -0.2) is 38.5 Å². The molecule has 1 aromatic carbocycles. The minimum atomic E-state index is 0.0538. The molecule has 116 valence electrons. The number of benzene rings is 1. The highest BCUT2D eigenvalue weighted by Crippen LogP contribution is 2.33. The van der Waals surface area contributed by atoms with Crippen molar-refractivity contribution in [3.05, 3.63) is 24.3 Å². The van der Waals surface area contributed by atoms with Gasteiger partial charge in [-0.1, -0.05) is 19.1 Å². The molecule has 0 bridgehead atoms. The minimum Gasteiger partial charge on any atom is -0.486 e. The van der Waals surface area contributed by atoms with Crippen molar-refractivity contribution in [2.75, 3.05) is 26.4 Å². The molecule has 0 saturated carbocycles. The summed E-state index contributed by atoms with van der Waals surface area (Å²) in [5, 5.41) is 3.65. The van der Waals surface area contributed by atoms with Gasteiger partial charge in [-0.25, -0.2) is 0 Å². The normalized spacial score (nSPS) is 26.3. The molecule has 1 N–H and O–H groups in total. The molecule has 0 amide bonds. The van der Waals surface area contributed by atoms with Crippen LogP contribution in [0.1, 0.15) is 26.2 Å². The second-order valence-electron chi connectivity index (χ2n) is 5.87. The zero-order chi connectivity index (χ0) is 14.5. The molecule has 3 rings (SSSR count). The molecule has 4 heteroatoms. The quantitative estimate of drug-likeness (QED) is 0.905. The summed E-state index contributed by atoms with van der Waals surface area (Å²) in [4.78, 5) is 0. The smallest absolute Gasteiger partial charge is 0.161 e. The second kappa shape index (κ2) is 7.14. The number of fused-ring (bicyclic) bond motifs is 1. The Morgan fingerprint density at radius 1 is 1.24 bits per heavy atom. The lowest BCUT2D eigenvalue weighted by Crippen LogP contribution is -2.53. The largest absolute Gasteiger partial charge is 0.486 e. The first-order chi connectivity index (χ1) is 10.4. The van der Waals surface area contributed by atoms with Gasteiger partial charge in [-0.3, -0.25) is 0 Å². The van der Waals surface area contributed by atoms with Gasteiger partial charge >= 0.3 is 0 Å². The molecule has 0 aliphatic carbocycles. The number of ether oxygens (including phenoxy) is 3. The van der Waals surface area contributed by atoms with E-state index in [1.165, 1.54) is 6.42 Å². The first-order valence-corrected chi connectivity index (χ1v) is 8.08. The highest BCUT2D eigenvalue weighted by molar-refractivity contribution is 5.40. The van der Waals surface area contributed by atoms with Gasteiger partial charge in [0.15, 0.2) is 11.5 Å². The number of para-hydroxylation sites is 2. The van der Waals surface area contributed by atoms with E-state index in [2.05, 4.69) is 12.2 Å². The standard InChI is InChI=1S/C17H25NO3/c1-2-9-18-17(13-6-5-10-19-11-13)16-12-20-14-7-3-4-8-15(14)21-16/h3-4,7-8,13,16-18H,2,5-6,9-12H2,1H3. The number of rotatable bonds is 5. The van der Waals surface area contributed by atoms with Gasteiger partial charge in [0.25, 0.3) is 0 Å². The molecule has 3 unspecified atom stereocenters. The summed E-state index contributed by atoms with van der Waals surface area (Å²) in [5.41, 5.74) is 0. The zero-order valence-electron chi connectivity index (χ0n) is 12.7. The molecule has 4 nitrogen and oxygen atoms in total. The first kappa shape index (κ1) is 14.7. The number of nitrogens with one attached hydrogen (secondary N) is 1.